The molecule has 4 atom stereocenters. The van der Waals surface area contributed by atoms with Gasteiger partial charge in [-0.15, -0.1) is 0 Å². The van der Waals surface area contributed by atoms with E-state index in [1.165, 1.54) is 4.90 Å². The van der Waals surface area contributed by atoms with Crippen molar-refractivity contribution in [1.82, 2.24) is 20.5 Å². The molecule has 2 heterocycles. The number of carbonyl (C=O) groups is 4. The monoisotopic (exact) mass is 517 g/mol. The number of H-pyrrole nitrogens is 1. The van der Waals surface area contributed by atoms with Crippen molar-refractivity contribution in [1.29, 1.82) is 0 Å². The van der Waals surface area contributed by atoms with Gasteiger partial charge in [0.25, 0.3) is 0 Å². The molecule has 1 aliphatic heterocycles. The molecule has 1 aromatic carbocycles. The lowest BCUT2D eigenvalue weighted by molar-refractivity contribution is -0.143. The lowest BCUT2D eigenvalue weighted by Gasteiger charge is -2.28. The van der Waals surface area contributed by atoms with Crippen molar-refractivity contribution in [3.05, 3.63) is 36.0 Å². The van der Waals surface area contributed by atoms with Crippen molar-refractivity contribution in [2.24, 2.45) is 11.7 Å². The molecule has 1 aliphatic rings. The Balaban J connectivity index is 1.63. The van der Waals surface area contributed by atoms with Crippen molar-refractivity contribution < 1.29 is 24.3 Å². The fourth-order valence-corrected chi connectivity index (χ4v) is 4.83. The van der Waals surface area contributed by atoms with Crippen LogP contribution < -0.4 is 16.4 Å². The Kier molecular flexibility index (Phi) is 9.38. The zero-order valence-corrected chi connectivity index (χ0v) is 21.5. The van der Waals surface area contributed by atoms with Gasteiger partial charge in [-0.1, -0.05) is 32.0 Å². The second kappa shape index (κ2) is 12.3. The highest BCUT2D eigenvalue weighted by atomic mass is 32.1. The number of fused-ring (bicyclic) bond motifs is 1. The number of aliphatic carboxylic acids is 1. The number of rotatable bonds is 11. The smallest absolute Gasteiger partial charge is 0.326 e. The molecule has 3 amide bonds. The Hall–Kier alpha value is -3.05. The molecule has 1 fully saturated rings. The Morgan fingerprint density at radius 2 is 1.92 bits per heavy atom. The zero-order chi connectivity index (χ0) is 26.4. The highest BCUT2D eigenvalue weighted by Crippen LogP contribution is 2.22. The Morgan fingerprint density at radius 3 is 2.58 bits per heavy atom. The van der Waals surface area contributed by atoms with Gasteiger partial charge in [-0.05, 0) is 43.2 Å². The number of likely N-dealkylation sites (tertiary alicyclic amines) is 1. The number of carboxylic acid groups (broad SMARTS) is 1. The number of nitrogens with two attached hydrogens (primary N) is 1. The largest absolute Gasteiger partial charge is 0.480 e. The van der Waals surface area contributed by atoms with Gasteiger partial charge in [-0.2, -0.15) is 12.6 Å². The molecule has 0 bridgehead atoms. The highest BCUT2D eigenvalue weighted by Gasteiger charge is 2.38. The van der Waals surface area contributed by atoms with Gasteiger partial charge < -0.3 is 31.4 Å². The minimum absolute atomic E-state index is 0.0215. The molecule has 0 spiro atoms. The number of nitrogens with one attached hydrogen (secondary N) is 3. The number of hydrogen-bond acceptors (Lipinski definition) is 6. The Bertz CT molecular complexity index is 1100. The summed E-state index contributed by atoms with van der Waals surface area (Å²) < 4.78 is 0. The average Bonchev–Trinajstić information content (AvgIpc) is 3.49. The summed E-state index contributed by atoms with van der Waals surface area (Å²) in [7, 11) is 0. The first kappa shape index (κ1) is 27.5. The number of aromatic amines is 1. The maximum absolute atomic E-state index is 13.2. The number of thiol groups is 1. The van der Waals surface area contributed by atoms with Crippen LogP contribution in [0.3, 0.4) is 0 Å². The maximum atomic E-state index is 13.2. The second-order valence-corrected chi connectivity index (χ2v) is 10.00. The van der Waals surface area contributed by atoms with Gasteiger partial charge in [0.2, 0.25) is 17.7 Å². The molecule has 196 valence electrons. The topological polar surface area (TPSA) is 158 Å². The second-order valence-electron chi connectivity index (χ2n) is 9.63. The first-order chi connectivity index (χ1) is 17.1. The summed E-state index contributed by atoms with van der Waals surface area (Å²) >= 11 is 4.16. The van der Waals surface area contributed by atoms with E-state index in [9.17, 15) is 24.3 Å². The molecule has 10 nitrogen and oxygen atoms in total. The lowest BCUT2D eigenvalue weighted by atomic mass is 10.0. The van der Waals surface area contributed by atoms with E-state index in [-0.39, 0.29) is 24.0 Å². The first-order valence-electron chi connectivity index (χ1n) is 12.2. The van der Waals surface area contributed by atoms with E-state index < -0.39 is 42.0 Å². The Labute approximate surface area is 215 Å². The van der Waals surface area contributed by atoms with Crippen LogP contribution in [-0.4, -0.2) is 75.1 Å². The standard InChI is InChI=1S/C25H35N5O5S/c1-14(2)10-19(25(34)35)28-22(31)20(13-36)29-23(32)21-8-5-9-30(21)24(33)17(26)11-15-12-27-18-7-4-3-6-16(15)18/h3-4,6-7,12,14,17,19-21,27,36H,5,8-11,13,26H2,1-2H3,(H,28,31)(H,29,32)(H,34,35). The Morgan fingerprint density at radius 1 is 1.19 bits per heavy atom. The van der Waals surface area contributed by atoms with E-state index >= 15 is 0 Å². The summed E-state index contributed by atoms with van der Waals surface area (Å²) in [5.74, 6) is -2.54. The number of carbonyl (C=O) groups excluding carboxylic acids is 3. The van der Waals surface area contributed by atoms with Crippen molar-refractivity contribution in [2.75, 3.05) is 12.3 Å². The van der Waals surface area contributed by atoms with Crippen LogP contribution in [0, 0.1) is 5.92 Å². The van der Waals surface area contributed by atoms with Gasteiger partial charge in [0.15, 0.2) is 0 Å². The molecule has 1 aromatic heterocycles. The molecule has 2 aromatic rings. The SMILES string of the molecule is CC(C)CC(NC(=O)C(CS)NC(=O)C1CCCN1C(=O)C(N)Cc1c[nH]c2ccccc12)C(=O)O. The van der Waals surface area contributed by atoms with Gasteiger partial charge in [0.05, 0.1) is 6.04 Å². The molecule has 36 heavy (non-hydrogen) atoms. The van der Waals surface area contributed by atoms with E-state index in [0.29, 0.717) is 25.8 Å². The normalized spacial score (nSPS) is 18.1. The van der Waals surface area contributed by atoms with E-state index in [1.807, 2.05) is 44.3 Å². The molecule has 4 unspecified atom stereocenters. The number of nitrogens with zero attached hydrogens (tertiary/aromatic N) is 1. The third-order valence-corrected chi connectivity index (χ3v) is 6.77. The summed E-state index contributed by atoms with van der Waals surface area (Å²) in [6, 6.07) is 4.07. The van der Waals surface area contributed by atoms with Crippen LogP contribution in [0.1, 0.15) is 38.7 Å². The number of aromatic nitrogens is 1. The minimum atomic E-state index is -1.14. The summed E-state index contributed by atoms with van der Waals surface area (Å²) in [4.78, 5) is 55.1. The molecule has 0 aliphatic carbocycles. The van der Waals surface area contributed by atoms with Crippen LogP contribution in [0.4, 0.5) is 0 Å². The fourth-order valence-electron chi connectivity index (χ4n) is 4.57. The molecule has 6 N–H and O–H groups in total. The summed E-state index contributed by atoms with van der Waals surface area (Å²) in [6.45, 7) is 4.11. The number of benzene rings is 1. The molecule has 1 saturated heterocycles. The van der Waals surface area contributed by atoms with Crippen molar-refractivity contribution in [2.45, 2.75) is 63.7 Å². The molecule has 0 radical (unpaired) electrons. The van der Waals surface area contributed by atoms with E-state index in [1.54, 1.807) is 0 Å². The summed E-state index contributed by atoms with van der Waals surface area (Å²) in [6.07, 6.45) is 3.50. The van der Waals surface area contributed by atoms with Crippen LogP contribution in [0.5, 0.6) is 0 Å². The van der Waals surface area contributed by atoms with Crippen LogP contribution in [0.15, 0.2) is 30.5 Å². The van der Waals surface area contributed by atoms with Crippen LogP contribution >= 0.6 is 12.6 Å². The summed E-state index contributed by atoms with van der Waals surface area (Å²) in [5, 5.41) is 15.5. The minimum Gasteiger partial charge on any atom is -0.480 e. The van der Waals surface area contributed by atoms with E-state index in [0.717, 1.165) is 16.5 Å². The third-order valence-electron chi connectivity index (χ3n) is 6.41. The number of amides is 3. The fraction of sp³-hybridized carbons (Fsp3) is 0.520. The van der Waals surface area contributed by atoms with Gasteiger partial charge >= 0.3 is 5.97 Å². The third kappa shape index (κ3) is 6.58. The van der Waals surface area contributed by atoms with Crippen molar-refractivity contribution in [3.8, 4) is 0 Å². The number of para-hydroxylation sites is 1. The molecule has 0 saturated carbocycles. The first-order valence-corrected chi connectivity index (χ1v) is 12.8. The van der Waals surface area contributed by atoms with Gasteiger partial charge in [-0.3, -0.25) is 14.4 Å². The van der Waals surface area contributed by atoms with Gasteiger partial charge in [0.1, 0.15) is 18.1 Å². The van der Waals surface area contributed by atoms with E-state index in [4.69, 9.17) is 5.73 Å². The van der Waals surface area contributed by atoms with Crippen molar-refractivity contribution in [3.63, 3.8) is 0 Å². The number of carboxylic acids is 1. The molecular weight excluding hydrogens is 482 g/mol. The highest BCUT2D eigenvalue weighted by molar-refractivity contribution is 7.80. The van der Waals surface area contributed by atoms with E-state index in [2.05, 4.69) is 28.2 Å². The quantitative estimate of drug-likeness (QED) is 0.245. The predicted molar refractivity (Wildman–Crippen MR) is 140 cm³/mol. The number of hydrogen-bond donors (Lipinski definition) is 6. The average molecular weight is 518 g/mol. The zero-order valence-electron chi connectivity index (χ0n) is 20.6. The van der Waals surface area contributed by atoms with Crippen molar-refractivity contribution >= 4 is 47.2 Å². The molecule has 3 rings (SSSR count). The summed E-state index contributed by atoms with van der Waals surface area (Å²) in [5.41, 5.74) is 8.15. The van der Waals surface area contributed by atoms with Crippen LogP contribution in [0.25, 0.3) is 10.9 Å². The van der Waals surface area contributed by atoms with Gasteiger partial charge in [-0.25, -0.2) is 4.79 Å². The molecular formula is C25H35N5O5S. The lowest BCUT2D eigenvalue weighted by Crippen LogP contribution is -2.57. The van der Waals surface area contributed by atoms with Gasteiger partial charge in [0, 0.05) is 29.4 Å². The maximum Gasteiger partial charge on any atom is 0.326 e. The predicted octanol–water partition coefficient (Wildman–Crippen LogP) is 1.06. The van der Waals surface area contributed by atoms with Crippen LogP contribution in [-0.2, 0) is 25.6 Å². The van der Waals surface area contributed by atoms with Crippen LogP contribution in [0.2, 0.25) is 0 Å². The molecule has 11 heteroatoms.